The Balaban J connectivity index is 2.11. The number of nitrogens with one attached hydrogen (secondary N) is 1. The zero-order valence-corrected chi connectivity index (χ0v) is 9.79. The predicted molar refractivity (Wildman–Crippen MR) is 61.7 cm³/mol. The molecule has 1 aliphatic heterocycles. The molecule has 0 saturated heterocycles. The van der Waals surface area contributed by atoms with E-state index >= 15 is 0 Å². The molecule has 84 valence electrons. The first-order valence-electron chi connectivity index (χ1n) is 6.08. The highest BCUT2D eigenvalue weighted by atomic mass is 15.1. The SMILES string of the molecule is CCC(CC)Cn1cnc2c1CCNC2. The number of imidazole rings is 1. The summed E-state index contributed by atoms with van der Waals surface area (Å²) in [7, 11) is 0. The van der Waals surface area contributed by atoms with Crippen molar-refractivity contribution < 1.29 is 0 Å². The Kier molecular flexibility index (Phi) is 3.41. The van der Waals surface area contributed by atoms with Gasteiger partial charge in [0.15, 0.2) is 0 Å². The second-order valence-electron chi connectivity index (χ2n) is 4.40. The lowest BCUT2D eigenvalue weighted by Gasteiger charge is -2.18. The third kappa shape index (κ3) is 2.23. The van der Waals surface area contributed by atoms with Crippen molar-refractivity contribution in [1.29, 1.82) is 0 Å². The van der Waals surface area contributed by atoms with Gasteiger partial charge in [0.2, 0.25) is 0 Å². The number of aromatic nitrogens is 2. The molecule has 0 aliphatic carbocycles. The summed E-state index contributed by atoms with van der Waals surface area (Å²) in [6.45, 7) is 7.75. The smallest absolute Gasteiger partial charge is 0.0952 e. The fourth-order valence-corrected chi connectivity index (χ4v) is 2.28. The van der Waals surface area contributed by atoms with Crippen LogP contribution < -0.4 is 5.32 Å². The maximum absolute atomic E-state index is 4.48. The second-order valence-corrected chi connectivity index (χ2v) is 4.40. The van der Waals surface area contributed by atoms with Crippen LogP contribution >= 0.6 is 0 Å². The predicted octanol–water partition coefficient (Wildman–Crippen LogP) is 1.96. The van der Waals surface area contributed by atoms with Crippen molar-refractivity contribution in [3.8, 4) is 0 Å². The van der Waals surface area contributed by atoms with Gasteiger partial charge in [0.25, 0.3) is 0 Å². The van der Waals surface area contributed by atoms with Gasteiger partial charge < -0.3 is 9.88 Å². The summed E-state index contributed by atoms with van der Waals surface area (Å²) in [5.41, 5.74) is 2.72. The van der Waals surface area contributed by atoms with Gasteiger partial charge in [0.1, 0.15) is 0 Å². The standard InChI is InChI=1S/C12H21N3/c1-3-10(4-2)8-15-9-14-11-7-13-6-5-12(11)15/h9-10,13H,3-8H2,1-2H3. The highest BCUT2D eigenvalue weighted by molar-refractivity contribution is 5.16. The van der Waals surface area contributed by atoms with Crippen molar-refractivity contribution in [2.75, 3.05) is 6.54 Å². The maximum atomic E-state index is 4.48. The van der Waals surface area contributed by atoms with Crippen molar-refractivity contribution in [3.63, 3.8) is 0 Å². The minimum Gasteiger partial charge on any atom is -0.334 e. The van der Waals surface area contributed by atoms with E-state index < -0.39 is 0 Å². The van der Waals surface area contributed by atoms with Gasteiger partial charge in [0.05, 0.1) is 12.0 Å². The molecule has 0 bridgehead atoms. The summed E-state index contributed by atoms with van der Waals surface area (Å²) in [6.07, 6.45) is 5.69. The summed E-state index contributed by atoms with van der Waals surface area (Å²) in [5, 5.41) is 3.36. The van der Waals surface area contributed by atoms with E-state index in [0.717, 1.165) is 32.0 Å². The summed E-state index contributed by atoms with van der Waals surface area (Å²) >= 11 is 0. The van der Waals surface area contributed by atoms with Crippen molar-refractivity contribution in [2.24, 2.45) is 5.92 Å². The van der Waals surface area contributed by atoms with Crippen LogP contribution in [-0.4, -0.2) is 16.1 Å². The van der Waals surface area contributed by atoms with Crippen LogP contribution in [0.15, 0.2) is 6.33 Å². The Labute approximate surface area is 91.9 Å². The summed E-state index contributed by atoms with van der Waals surface area (Å²) in [5.74, 6) is 0.804. The number of hydrogen-bond donors (Lipinski definition) is 1. The van der Waals surface area contributed by atoms with Crippen molar-refractivity contribution in [3.05, 3.63) is 17.7 Å². The van der Waals surface area contributed by atoms with E-state index in [1.807, 2.05) is 6.33 Å². The first-order valence-corrected chi connectivity index (χ1v) is 6.08. The van der Waals surface area contributed by atoms with Crippen LogP contribution in [-0.2, 0) is 19.5 Å². The van der Waals surface area contributed by atoms with E-state index in [-0.39, 0.29) is 0 Å². The van der Waals surface area contributed by atoms with Gasteiger partial charge in [-0.05, 0) is 5.92 Å². The average Bonchev–Trinajstić information content (AvgIpc) is 2.69. The van der Waals surface area contributed by atoms with Gasteiger partial charge in [-0.2, -0.15) is 0 Å². The Morgan fingerprint density at radius 1 is 1.47 bits per heavy atom. The van der Waals surface area contributed by atoms with Crippen LogP contribution in [0.2, 0.25) is 0 Å². The van der Waals surface area contributed by atoms with Crippen LogP contribution in [0.25, 0.3) is 0 Å². The molecule has 1 aromatic rings. The number of nitrogens with zero attached hydrogens (tertiary/aromatic N) is 2. The number of fused-ring (bicyclic) bond motifs is 1. The molecule has 3 nitrogen and oxygen atoms in total. The summed E-state index contributed by atoms with van der Waals surface area (Å²) < 4.78 is 2.37. The summed E-state index contributed by atoms with van der Waals surface area (Å²) in [4.78, 5) is 4.48. The van der Waals surface area contributed by atoms with Crippen LogP contribution in [0.1, 0.15) is 38.1 Å². The molecule has 0 unspecified atom stereocenters. The van der Waals surface area contributed by atoms with E-state index in [1.54, 1.807) is 0 Å². The Hall–Kier alpha value is -0.830. The molecule has 1 aromatic heterocycles. The first kappa shape index (κ1) is 10.7. The van der Waals surface area contributed by atoms with Gasteiger partial charge in [-0.3, -0.25) is 0 Å². The average molecular weight is 207 g/mol. The fraction of sp³-hybridized carbons (Fsp3) is 0.750. The molecule has 0 atom stereocenters. The van der Waals surface area contributed by atoms with Gasteiger partial charge in [-0.25, -0.2) is 4.98 Å². The molecular formula is C12H21N3. The molecule has 2 rings (SSSR count). The molecular weight excluding hydrogens is 186 g/mol. The topological polar surface area (TPSA) is 29.9 Å². The molecule has 0 spiro atoms. The Morgan fingerprint density at radius 2 is 2.27 bits per heavy atom. The molecule has 1 N–H and O–H groups in total. The van der Waals surface area contributed by atoms with Crippen LogP contribution in [0.4, 0.5) is 0 Å². The maximum Gasteiger partial charge on any atom is 0.0952 e. The van der Waals surface area contributed by atoms with Crippen molar-refractivity contribution in [1.82, 2.24) is 14.9 Å². The molecule has 15 heavy (non-hydrogen) atoms. The lowest BCUT2D eigenvalue weighted by Crippen LogP contribution is -2.25. The lowest BCUT2D eigenvalue weighted by molar-refractivity contribution is 0.408. The van der Waals surface area contributed by atoms with E-state index in [4.69, 9.17) is 0 Å². The fourth-order valence-electron chi connectivity index (χ4n) is 2.28. The van der Waals surface area contributed by atoms with Crippen LogP contribution in [0, 0.1) is 5.92 Å². The first-order chi connectivity index (χ1) is 7.35. The van der Waals surface area contributed by atoms with Gasteiger partial charge in [-0.15, -0.1) is 0 Å². The third-order valence-electron chi connectivity index (χ3n) is 3.47. The highest BCUT2D eigenvalue weighted by Gasteiger charge is 2.16. The Morgan fingerprint density at radius 3 is 3.00 bits per heavy atom. The molecule has 0 fully saturated rings. The molecule has 2 heterocycles. The zero-order chi connectivity index (χ0) is 10.7. The quantitative estimate of drug-likeness (QED) is 0.818. The number of hydrogen-bond acceptors (Lipinski definition) is 2. The van der Waals surface area contributed by atoms with E-state index in [1.165, 1.54) is 24.2 Å². The normalized spacial score (nSPS) is 15.7. The highest BCUT2D eigenvalue weighted by Crippen LogP contribution is 2.17. The Bertz CT molecular complexity index is 313. The largest absolute Gasteiger partial charge is 0.334 e. The molecule has 3 heteroatoms. The van der Waals surface area contributed by atoms with Crippen molar-refractivity contribution in [2.45, 2.75) is 46.2 Å². The third-order valence-corrected chi connectivity index (χ3v) is 3.47. The molecule has 0 radical (unpaired) electrons. The minimum atomic E-state index is 0.804. The zero-order valence-electron chi connectivity index (χ0n) is 9.79. The van der Waals surface area contributed by atoms with Gasteiger partial charge in [-0.1, -0.05) is 26.7 Å². The summed E-state index contributed by atoms with van der Waals surface area (Å²) in [6, 6.07) is 0. The number of rotatable bonds is 4. The molecule has 0 saturated carbocycles. The molecule has 0 amide bonds. The minimum absolute atomic E-state index is 0.804. The lowest BCUT2D eigenvalue weighted by atomic mass is 10.0. The van der Waals surface area contributed by atoms with Gasteiger partial charge >= 0.3 is 0 Å². The monoisotopic (exact) mass is 207 g/mol. The van der Waals surface area contributed by atoms with Crippen LogP contribution in [0.3, 0.4) is 0 Å². The van der Waals surface area contributed by atoms with E-state index in [0.29, 0.717) is 0 Å². The second kappa shape index (κ2) is 4.79. The molecule has 0 aromatic carbocycles. The molecule has 1 aliphatic rings. The van der Waals surface area contributed by atoms with Gasteiger partial charge in [0, 0.05) is 31.7 Å². The van der Waals surface area contributed by atoms with E-state index in [9.17, 15) is 0 Å². The van der Waals surface area contributed by atoms with Crippen molar-refractivity contribution >= 4 is 0 Å². The van der Waals surface area contributed by atoms with Crippen LogP contribution in [0.5, 0.6) is 0 Å². The van der Waals surface area contributed by atoms with E-state index in [2.05, 4.69) is 28.7 Å².